The molecule has 0 saturated carbocycles. The molecule has 2 heteroatoms. The van der Waals surface area contributed by atoms with Gasteiger partial charge in [-0.1, -0.05) is 5.92 Å². The van der Waals surface area contributed by atoms with Crippen LogP contribution in [0.4, 0.5) is 0 Å². The summed E-state index contributed by atoms with van der Waals surface area (Å²) in [6, 6.07) is 0.150. The van der Waals surface area contributed by atoms with Crippen LogP contribution in [0.3, 0.4) is 0 Å². The van der Waals surface area contributed by atoms with Crippen LogP contribution in [0.15, 0.2) is 0 Å². The van der Waals surface area contributed by atoms with E-state index in [1.165, 1.54) is 0 Å². The third-order valence-corrected chi connectivity index (χ3v) is 1.47. The lowest BCUT2D eigenvalue weighted by Crippen LogP contribution is -2.37. The van der Waals surface area contributed by atoms with Gasteiger partial charge in [-0.05, 0) is 33.7 Å². The van der Waals surface area contributed by atoms with Gasteiger partial charge in [-0.25, -0.2) is 0 Å². The van der Waals surface area contributed by atoms with Crippen molar-refractivity contribution in [3.05, 3.63) is 0 Å². The molecule has 0 saturated heterocycles. The van der Waals surface area contributed by atoms with Crippen molar-refractivity contribution in [1.29, 1.82) is 0 Å². The minimum Gasteiger partial charge on any atom is -0.326 e. The Bertz CT molecular complexity index is 139. The Kier molecular flexibility index (Phi) is 4.17. The first kappa shape index (κ1) is 10.5. The highest BCUT2D eigenvalue weighted by Crippen LogP contribution is 2.01. The maximum absolute atomic E-state index is 5.77. The van der Waals surface area contributed by atoms with E-state index in [-0.39, 0.29) is 11.6 Å². The number of hydrogen-bond donors (Lipinski definition) is 2. The fourth-order valence-electron chi connectivity index (χ4n) is 0.670. The summed E-state index contributed by atoms with van der Waals surface area (Å²) in [6.45, 7) is 6.86. The van der Waals surface area contributed by atoms with Crippen molar-refractivity contribution >= 4 is 0 Å². The smallest absolute Gasteiger partial charge is 0.0658 e. The summed E-state index contributed by atoms with van der Waals surface area (Å²) in [5.74, 6) is 2.60. The molecule has 0 bridgehead atoms. The Morgan fingerprint density at radius 3 is 2.55 bits per heavy atom. The molecule has 3 N–H and O–H groups in total. The molecule has 0 rings (SSSR count). The fraction of sp³-hybridized carbons (Fsp3) is 0.778. The van der Waals surface area contributed by atoms with Gasteiger partial charge in [0.1, 0.15) is 0 Å². The maximum Gasteiger partial charge on any atom is 0.0658 e. The molecule has 0 fully saturated rings. The van der Waals surface area contributed by atoms with Crippen LogP contribution in [0.5, 0.6) is 0 Å². The van der Waals surface area contributed by atoms with Gasteiger partial charge in [-0.15, -0.1) is 6.42 Å². The van der Waals surface area contributed by atoms with Crippen LogP contribution in [0.25, 0.3) is 0 Å². The van der Waals surface area contributed by atoms with Crippen molar-refractivity contribution in [2.75, 3.05) is 6.54 Å². The Hall–Kier alpha value is -0.520. The van der Waals surface area contributed by atoms with Gasteiger partial charge in [0, 0.05) is 5.54 Å². The third kappa shape index (κ3) is 7.38. The van der Waals surface area contributed by atoms with Crippen LogP contribution in [0.1, 0.15) is 27.2 Å². The zero-order valence-electron chi connectivity index (χ0n) is 7.65. The highest BCUT2D eigenvalue weighted by molar-refractivity contribution is 4.95. The van der Waals surface area contributed by atoms with Crippen LogP contribution >= 0.6 is 0 Å². The van der Waals surface area contributed by atoms with E-state index in [2.05, 4.69) is 11.2 Å². The molecule has 1 atom stereocenters. The van der Waals surface area contributed by atoms with Crippen LogP contribution in [-0.2, 0) is 0 Å². The summed E-state index contributed by atoms with van der Waals surface area (Å²) < 4.78 is 0. The van der Waals surface area contributed by atoms with E-state index in [0.29, 0.717) is 0 Å². The molecule has 1 unspecified atom stereocenters. The van der Waals surface area contributed by atoms with Crippen molar-refractivity contribution in [3.8, 4) is 12.3 Å². The topological polar surface area (TPSA) is 38.0 Å². The van der Waals surface area contributed by atoms with E-state index in [4.69, 9.17) is 12.2 Å². The number of nitrogens with one attached hydrogen (secondary N) is 1. The zero-order chi connectivity index (χ0) is 8.91. The van der Waals surface area contributed by atoms with Gasteiger partial charge in [-0.3, -0.25) is 0 Å². The van der Waals surface area contributed by atoms with Crippen molar-refractivity contribution < 1.29 is 0 Å². The minimum atomic E-state index is -0.0959. The summed E-state index contributed by atoms with van der Waals surface area (Å²) in [7, 11) is 0. The summed E-state index contributed by atoms with van der Waals surface area (Å²) in [5, 5.41) is 3.17. The highest BCUT2D eigenvalue weighted by atomic mass is 14.9. The van der Waals surface area contributed by atoms with Gasteiger partial charge in [0.05, 0.1) is 6.04 Å². The molecule has 0 heterocycles. The molecule has 0 aromatic carbocycles. The maximum atomic E-state index is 5.77. The second-order valence-corrected chi connectivity index (χ2v) is 3.58. The largest absolute Gasteiger partial charge is 0.326 e. The van der Waals surface area contributed by atoms with E-state index in [1.54, 1.807) is 0 Å². The standard InChI is InChI=1S/C9H18N2/c1-5-8(2)11-7-6-9(3,4)10/h1,8,11H,6-7,10H2,2-4H3. The van der Waals surface area contributed by atoms with Gasteiger partial charge < -0.3 is 11.1 Å². The first-order valence-electron chi connectivity index (χ1n) is 3.94. The second kappa shape index (κ2) is 4.38. The molecule has 64 valence electrons. The lowest BCUT2D eigenvalue weighted by molar-refractivity contribution is 0.450. The molecule has 0 aliphatic carbocycles. The van der Waals surface area contributed by atoms with Crippen molar-refractivity contribution in [2.24, 2.45) is 5.73 Å². The first-order valence-corrected chi connectivity index (χ1v) is 3.94. The van der Waals surface area contributed by atoms with Crippen molar-refractivity contribution in [3.63, 3.8) is 0 Å². The molecule has 0 spiro atoms. The number of terminal acetylenes is 1. The van der Waals surface area contributed by atoms with E-state index in [1.807, 2.05) is 20.8 Å². The van der Waals surface area contributed by atoms with E-state index in [0.717, 1.165) is 13.0 Å². The Labute approximate surface area is 69.5 Å². The van der Waals surface area contributed by atoms with Crippen molar-refractivity contribution in [1.82, 2.24) is 5.32 Å². The number of nitrogens with two attached hydrogens (primary N) is 1. The predicted octanol–water partition coefficient (Wildman–Crippen LogP) is 0.725. The number of rotatable bonds is 4. The number of hydrogen-bond acceptors (Lipinski definition) is 2. The Balaban J connectivity index is 3.37. The Morgan fingerprint density at radius 2 is 2.18 bits per heavy atom. The molecule has 0 aromatic heterocycles. The van der Waals surface area contributed by atoms with Gasteiger partial charge in [0.25, 0.3) is 0 Å². The summed E-state index contributed by atoms with van der Waals surface area (Å²) in [5.41, 5.74) is 5.68. The Morgan fingerprint density at radius 1 is 1.64 bits per heavy atom. The van der Waals surface area contributed by atoms with Crippen molar-refractivity contribution in [2.45, 2.75) is 38.8 Å². The molecule has 0 aliphatic rings. The summed E-state index contributed by atoms with van der Waals surface area (Å²) >= 11 is 0. The third-order valence-electron chi connectivity index (χ3n) is 1.47. The average molecular weight is 154 g/mol. The molecule has 0 amide bonds. The predicted molar refractivity (Wildman–Crippen MR) is 49.2 cm³/mol. The quantitative estimate of drug-likeness (QED) is 0.586. The van der Waals surface area contributed by atoms with Crippen LogP contribution in [-0.4, -0.2) is 18.1 Å². The van der Waals surface area contributed by atoms with Gasteiger partial charge in [-0.2, -0.15) is 0 Å². The van der Waals surface area contributed by atoms with E-state index in [9.17, 15) is 0 Å². The summed E-state index contributed by atoms with van der Waals surface area (Å²) in [4.78, 5) is 0. The lowest BCUT2D eigenvalue weighted by atomic mass is 10.0. The first-order chi connectivity index (χ1) is 4.95. The molecule has 0 radical (unpaired) electrons. The highest BCUT2D eigenvalue weighted by Gasteiger charge is 2.09. The lowest BCUT2D eigenvalue weighted by Gasteiger charge is -2.19. The van der Waals surface area contributed by atoms with Crippen LogP contribution in [0.2, 0.25) is 0 Å². The van der Waals surface area contributed by atoms with Crippen LogP contribution < -0.4 is 11.1 Å². The van der Waals surface area contributed by atoms with Crippen LogP contribution in [0, 0.1) is 12.3 Å². The van der Waals surface area contributed by atoms with E-state index < -0.39 is 0 Å². The SMILES string of the molecule is C#CC(C)NCCC(C)(C)N. The molecular weight excluding hydrogens is 136 g/mol. The van der Waals surface area contributed by atoms with Gasteiger partial charge in [0.2, 0.25) is 0 Å². The average Bonchev–Trinajstić information content (AvgIpc) is 1.85. The van der Waals surface area contributed by atoms with Gasteiger partial charge >= 0.3 is 0 Å². The van der Waals surface area contributed by atoms with E-state index >= 15 is 0 Å². The normalized spacial score (nSPS) is 14.1. The molecule has 0 aliphatic heterocycles. The molecule has 2 nitrogen and oxygen atoms in total. The molecule has 0 aromatic rings. The summed E-state index contributed by atoms with van der Waals surface area (Å²) in [6.07, 6.45) is 6.12. The zero-order valence-corrected chi connectivity index (χ0v) is 7.65. The second-order valence-electron chi connectivity index (χ2n) is 3.58. The fourth-order valence-corrected chi connectivity index (χ4v) is 0.670. The molecule has 11 heavy (non-hydrogen) atoms. The van der Waals surface area contributed by atoms with Gasteiger partial charge in [0.15, 0.2) is 0 Å². The minimum absolute atomic E-state index is 0.0959. The monoisotopic (exact) mass is 154 g/mol. The molecular formula is C9H18N2.